The highest BCUT2D eigenvalue weighted by molar-refractivity contribution is 6.30. The summed E-state index contributed by atoms with van der Waals surface area (Å²) < 4.78 is 0. The fraction of sp³-hybridized carbons (Fsp3) is 0.500. The van der Waals surface area contributed by atoms with E-state index in [-0.39, 0.29) is 24.6 Å². The molecule has 3 N–H and O–H groups in total. The Labute approximate surface area is 119 Å². The van der Waals surface area contributed by atoms with Gasteiger partial charge in [-0.25, -0.2) is 4.79 Å². The van der Waals surface area contributed by atoms with E-state index in [0.29, 0.717) is 18.0 Å². The zero-order chi connectivity index (χ0) is 14.3. The minimum Gasteiger partial charge on any atom is -0.396 e. The summed E-state index contributed by atoms with van der Waals surface area (Å²) in [4.78, 5) is 11.8. The van der Waals surface area contributed by atoms with Crippen molar-refractivity contribution in [2.45, 2.75) is 32.9 Å². The number of carbonyl (C=O) groups excluding carboxylic acids is 1. The molecule has 1 aromatic rings. The molecule has 0 aliphatic rings. The Morgan fingerprint density at radius 2 is 2.16 bits per heavy atom. The average molecular weight is 285 g/mol. The predicted molar refractivity (Wildman–Crippen MR) is 77.2 cm³/mol. The molecule has 0 bridgehead atoms. The largest absolute Gasteiger partial charge is 0.396 e. The minimum absolute atomic E-state index is 0.0237. The van der Waals surface area contributed by atoms with Crippen LogP contribution < -0.4 is 10.6 Å². The first-order valence-corrected chi connectivity index (χ1v) is 6.80. The minimum atomic E-state index is -0.230. The van der Waals surface area contributed by atoms with Crippen molar-refractivity contribution in [1.29, 1.82) is 0 Å². The second-order valence-electron chi connectivity index (χ2n) is 4.82. The quantitative estimate of drug-likeness (QED) is 0.752. The fourth-order valence-electron chi connectivity index (χ4n) is 1.76. The van der Waals surface area contributed by atoms with Crippen molar-refractivity contribution in [1.82, 2.24) is 10.6 Å². The van der Waals surface area contributed by atoms with Crippen molar-refractivity contribution >= 4 is 17.6 Å². The highest BCUT2D eigenvalue weighted by Crippen LogP contribution is 2.10. The van der Waals surface area contributed by atoms with E-state index in [9.17, 15) is 4.79 Å². The Hall–Kier alpha value is -1.26. The second kappa shape index (κ2) is 8.02. The van der Waals surface area contributed by atoms with E-state index in [1.165, 1.54) is 0 Å². The number of carbonyl (C=O) groups is 1. The predicted octanol–water partition coefficient (Wildman–Crippen LogP) is 2.55. The van der Waals surface area contributed by atoms with Crippen LogP contribution in [0.5, 0.6) is 0 Å². The lowest BCUT2D eigenvalue weighted by Crippen LogP contribution is -2.44. The number of halogens is 1. The Morgan fingerprint density at radius 3 is 2.74 bits per heavy atom. The number of aliphatic hydroxyl groups is 1. The third kappa shape index (κ3) is 5.94. The van der Waals surface area contributed by atoms with Gasteiger partial charge >= 0.3 is 6.03 Å². The molecule has 0 aliphatic heterocycles. The van der Waals surface area contributed by atoms with E-state index in [0.717, 1.165) is 5.56 Å². The van der Waals surface area contributed by atoms with Gasteiger partial charge in [0.05, 0.1) is 0 Å². The fourth-order valence-corrected chi connectivity index (χ4v) is 1.97. The van der Waals surface area contributed by atoms with E-state index in [1.54, 1.807) is 6.07 Å². The molecule has 0 fully saturated rings. The summed E-state index contributed by atoms with van der Waals surface area (Å²) in [6.07, 6.45) is 0.558. The topological polar surface area (TPSA) is 61.4 Å². The van der Waals surface area contributed by atoms with Crippen molar-refractivity contribution in [2.75, 3.05) is 6.61 Å². The van der Waals surface area contributed by atoms with Gasteiger partial charge in [-0.05, 0) is 30.0 Å². The van der Waals surface area contributed by atoms with Crippen LogP contribution in [0.15, 0.2) is 24.3 Å². The summed E-state index contributed by atoms with van der Waals surface area (Å²) in [6, 6.07) is 7.10. The molecule has 0 aliphatic carbocycles. The van der Waals surface area contributed by atoms with E-state index < -0.39 is 0 Å². The smallest absolute Gasteiger partial charge is 0.315 e. The molecule has 0 saturated carbocycles. The second-order valence-corrected chi connectivity index (χ2v) is 5.26. The van der Waals surface area contributed by atoms with Gasteiger partial charge in [-0.3, -0.25) is 0 Å². The van der Waals surface area contributed by atoms with Crippen LogP contribution in [0, 0.1) is 5.92 Å². The maximum absolute atomic E-state index is 11.8. The van der Waals surface area contributed by atoms with Crippen LogP contribution in [0.25, 0.3) is 0 Å². The van der Waals surface area contributed by atoms with Crippen molar-refractivity contribution in [3.8, 4) is 0 Å². The lowest BCUT2D eigenvalue weighted by atomic mass is 10.0. The monoisotopic (exact) mass is 284 g/mol. The molecule has 5 heteroatoms. The van der Waals surface area contributed by atoms with Gasteiger partial charge in [0.1, 0.15) is 0 Å². The number of nitrogens with one attached hydrogen (secondary N) is 2. The first-order chi connectivity index (χ1) is 9.02. The van der Waals surface area contributed by atoms with Gasteiger partial charge in [0.15, 0.2) is 0 Å². The molecule has 0 spiro atoms. The molecular weight excluding hydrogens is 264 g/mol. The van der Waals surface area contributed by atoms with Gasteiger partial charge in [0.2, 0.25) is 0 Å². The number of benzene rings is 1. The molecule has 1 rings (SSSR count). The van der Waals surface area contributed by atoms with Crippen molar-refractivity contribution in [2.24, 2.45) is 5.92 Å². The molecule has 0 radical (unpaired) electrons. The molecule has 106 valence electrons. The number of amides is 2. The van der Waals surface area contributed by atoms with Crippen LogP contribution in [-0.2, 0) is 6.54 Å². The van der Waals surface area contributed by atoms with E-state index in [1.807, 2.05) is 32.0 Å². The summed E-state index contributed by atoms with van der Waals surface area (Å²) in [7, 11) is 0. The average Bonchev–Trinajstić information content (AvgIpc) is 2.36. The van der Waals surface area contributed by atoms with E-state index >= 15 is 0 Å². The first kappa shape index (κ1) is 15.8. The van der Waals surface area contributed by atoms with Crippen LogP contribution in [0.1, 0.15) is 25.8 Å². The van der Waals surface area contributed by atoms with Crippen LogP contribution >= 0.6 is 11.6 Å². The summed E-state index contributed by atoms with van der Waals surface area (Å²) in [5.74, 6) is 0.282. The Morgan fingerprint density at radius 1 is 1.42 bits per heavy atom. The molecular formula is C14H21ClN2O2. The van der Waals surface area contributed by atoms with Gasteiger partial charge in [-0.15, -0.1) is 0 Å². The third-order valence-electron chi connectivity index (χ3n) is 2.90. The van der Waals surface area contributed by atoms with Gasteiger partial charge in [0, 0.05) is 24.2 Å². The van der Waals surface area contributed by atoms with Crippen molar-refractivity contribution in [3.05, 3.63) is 34.9 Å². The standard InChI is InChI=1S/C14H21ClN2O2/c1-10(2)13(6-7-18)17-14(19)16-9-11-4-3-5-12(15)8-11/h3-5,8,10,13,18H,6-7,9H2,1-2H3,(H2,16,17,19). The molecule has 0 aromatic heterocycles. The van der Waals surface area contributed by atoms with Crippen molar-refractivity contribution in [3.63, 3.8) is 0 Å². The van der Waals surface area contributed by atoms with E-state index in [2.05, 4.69) is 10.6 Å². The van der Waals surface area contributed by atoms with Crippen molar-refractivity contribution < 1.29 is 9.90 Å². The van der Waals surface area contributed by atoms with Gasteiger partial charge in [0.25, 0.3) is 0 Å². The number of hydrogen-bond donors (Lipinski definition) is 3. The maximum atomic E-state index is 11.8. The summed E-state index contributed by atoms with van der Waals surface area (Å²) in [5, 5.41) is 15.2. The number of hydrogen-bond acceptors (Lipinski definition) is 2. The van der Waals surface area contributed by atoms with Gasteiger partial charge < -0.3 is 15.7 Å². The Balaban J connectivity index is 2.42. The van der Waals surface area contributed by atoms with Crippen LogP contribution in [0.4, 0.5) is 4.79 Å². The highest BCUT2D eigenvalue weighted by atomic mass is 35.5. The summed E-state index contributed by atoms with van der Waals surface area (Å²) in [5.41, 5.74) is 0.950. The summed E-state index contributed by atoms with van der Waals surface area (Å²) in [6.45, 7) is 4.52. The molecule has 2 amide bonds. The normalized spacial score (nSPS) is 12.3. The van der Waals surface area contributed by atoms with E-state index in [4.69, 9.17) is 16.7 Å². The van der Waals surface area contributed by atoms with Gasteiger partial charge in [-0.2, -0.15) is 0 Å². The molecule has 1 atom stereocenters. The Bertz CT molecular complexity index is 410. The lowest BCUT2D eigenvalue weighted by Gasteiger charge is -2.21. The van der Waals surface area contributed by atoms with Crippen LogP contribution in [-0.4, -0.2) is 23.8 Å². The highest BCUT2D eigenvalue weighted by Gasteiger charge is 2.15. The Kier molecular flexibility index (Phi) is 6.67. The molecule has 0 heterocycles. The molecule has 0 saturated heterocycles. The van der Waals surface area contributed by atoms with Crippen LogP contribution in [0.2, 0.25) is 5.02 Å². The first-order valence-electron chi connectivity index (χ1n) is 6.42. The lowest BCUT2D eigenvalue weighted by molar-refractivity contribution is 0.218. The maximum Gasteiger partial charge on any atom is 0.315 e. The molecule has 1 aromatic carbocycles. The number of aliphatic hydroxyl groups excluding tert-OH is 1. The molecule has 4 nitrogen and oxygen atoms in total. The number of urea groups is 1. The van der Waals surface area contributed by atoms with Crippen LogP contribution in [0.3, 0.4) is 0 Å². The molecule has 19 heavy (non-hydrogen) atoms. The third-order valence-corrected chi connectivity index (χ3v) is 3.14. The SMILES string of the molecule is CC(C)C(CCO)NC(=O)NCc1cccc(Cl)c1. The molecule has 1 unspecified atom stereocenters. The zero-order valence-corrected chi connectivity index (χ0v) is 12.1. The number of rotatable bonds is 6. The van der Waals surface area contributed by atoms with Gasteiger partial charge in [-0.1, -0.05) is 37.6 Å². The zero-order valence-electron chi connectivity index (χ0n) is 11.3. The summed E-state index contributed by atoms with van der Waals surface area (Å²) >= 11 is 5.87.